The Kier molecular flexibility index (Phi) is 4.48. The van der Waals surface area contributed by atoms with Gasteiger partial charge in [0.15, 0.2) is 0 Å². The maximum absolute atomic E-state index is 12.3. The number of nitrogens with one attached hydrogen (secondary N) is 1. The summed E-state index contributed by atoms with van der Waals surface area (Å²) in [6.45, 7) is 0.832. The van der Waals surface area contributed by atoms with E-state index in [4.69, 9.17) is 11.6 Å². The lowest BCUT2D eigenvalue weighted by molar-refractivity contribution is 0.0942. The predicted octanol–water partition coefficient (Wildman–Crippen LogP) is 3.69. The summed E-state index contributed by atoms with van der Waals surface area (Å²) in [5.41, 5.74) is 0. The third-order valence-corrected chi connectivity index (χ3v) is 5.99. The molecular formula is C16H18ClNO2S. The van der Waals surface area contributed by atoms with Gasteiger partial charge in [0.25, 0.3) is 5.91 Å². The van der Waals surface area contributed by atoms with Crippen LogP contribution in [0, 0.1) is 11.8 Å². The molecule has 2 N–H and O–H groups in total. The highest BCUT2D eigenvalue weighted by Crippen LogP contribution is 2.35. The van der Waals surface area contributed by atoms with Crippen LogP contribution in [0.3, 0.4) is 0 Å². The van der Waals surface area contributed by atoms with Crippen LogP contribution in [0.15, 0.2) is 24.3 Å². The van der Waals surface area contributed by atoms with Crippen LogP contribution >= 0.6 is 22.9 Å². The molecule has 1 aromatic carbocycles. The van der Waals surface area contributed by atoms with E-state index in [2.05, 4.69) is 5.32 Å². The van der Waals surface area contributed by atoms with E-state index in [1.54, 1.807) is 0 Å². The highest BCUT2D eigenvalue weighted by Gasteiger charge is 2.27. The number of amides is 1. The van der Waals surface area contributed by atoms with Crippen molar-refractivity contribution in [2.75, 3.05) is 13.2 Å². The second-order valence-electron chi connectivity index (χ2n) is 5.58. The van der Waals surface area contributed by atoms with Gasteiger partial charge in [0, 0.05) is 23.2 Å². The van der Waals surface area contributed by atoms with Crippen molar-refractivity contribution in [3.05, 3.63) is 34.2 Å². The fraction of sp³-hybridized carbons (Fsp3) is 0.438. The lowest BCUT2D eigenvalue weighted by atomic mass is 9.97. The number of thiophene rings is 1. The first-order chi connectivity index (χ1) is 10.2. The first-order valence-corrected chi connectivity index (χ1v) is 8.46. The Hall–Kier alpha value is -1.10. The highest BCUT2D eigenvalue weighted by molar-refractivity contribution is 7.21. The minimum absolute atomic E-state index is 0.107. The minimum Gasteiger partial charge on any atom is -0.396 e. The zero-order valence-electron chi connectivity index (χ0n) is 11.6. The van der Waals surface area contributed by atoms with Crippen molar-refractivity contribution in [2.24, 2.45) is 11.8 Å². The van der Waals surface area contributed by atoms with E-state index in [1.165, 1.54) is 11.3 Å². The van der Waals surface area contributed by atoms with Crippen LogP contribution in [-0.2, 0) is 0 Å². The summed E-state index contributed by atoms with van der Waals surface area (Å²) in [5.74, 6) is 0.597. The maximum Gasteiger partial charge on any atom is 0.262 e. The average molecular weight is 324 g/mol. The number of carbonyl (C=O) groups is 1. The molecule has 5 heteroatoms. The minimum atomic E-state index is -0.107. The van der Waals surface area contributed by atoms with Gasteiger partial charge in [-0.25, -0.2) is 0 Å². The number of aliphatic hydroxyl groups is 1. The Morgan fingerprint density at radius 3 is 2.86 bits per heavy atom. The second kappa shape index (κ2) is 6.34. The Bertz CT molecular complexity index is 655. The molecule has 3 rings (SSSR count). The molecule has 0 bridgehead atoms. The zero-order valence-corrected chi connectivity index (χ0v) is 13.2. The Morgan fingerprint density at radius 1 is 1.33 bits per heavy atom. The summed E-state index contributed by atoms with van der Waals surface area (Å²) in [6, 6.07) is 7.78. The molecular weight excluding hydrogens is 306 g/mol. The van der Waals surface area contributed by atoms with E-state index < -0.39 is 0 Å². The van der Waals surface area contributed by atoms with Gasteiger partial charge in [-0.3, -0.25) is 4.79 Å². The van der Waals surface area contributed by atoms with E-state index in [0.717, 1.165) is 29.3 Å². The number of benzene rings is 1. The Balaban J connectivity index is 1.71. The average Bonchev–Trinajstić information content (AvgIpc) is 3.09. The lowest BCUT2D eigenvalue weighted by Crippen LogP contribution is -2.31. The first-order valence-electron chi connectivity index (χ1n) is 7.26. The molecule has 1 heterocycles. The van der Waals surface area contributed by atoms with Crippen LogP contribution in [0.1, 0.15) is 28.9 Å². The van der Waals surface area contributed by atoms with Crippen LogP contribution in [0.4, 0.5) is 0 Å². The van der Waals surface area contributed by atoms with Crippen LogP contribution < -0.4 is 5.32 Å². The quantitative estimate of drug-likeness (QED) is 0.901. The number of rotatable bonds is 4. The Morgan fingerprint density at radius 2 is 2.10 bits per heavy atom. The monoisotopic (exact) mass is 323 g/mol. The van der Waals surface area contributed by atoms with Crippen LogP contribution in [0.5, 0.6) is 0 Å². The van der Waals surface area contributed by atoms with Crippen molar-refractivity contribution in [1.82, 2.24) is 5.32 Å². The van der Waals surface area contributed by atoms with Crippen molar-refractivity contribution in [3.8, 4) is 0 Å². The number of fused-ring (bicyclic) bond motifs is 1. The molecule has 1 aliphatic carbocycles. The van der Waals surface area contributed by atoms with Crippen molar-refractivity contribution in [2.45, 2.75) is 19.3 Å². The van der Waals surface area contributed by atoms with Gasteiger partial charge >= 0.3 is 0 Å². The van der Waals surface area contributed by atoms with Gasteiger partial charge in [0.2, 0.25) is 0 Å². The summed E-state index contributed by atoms with van der Waals surface area (Å²) < 4.78 is 1.03. The number of hydrogen-bond acceptors (Lipinski definition) is 3. The number of aliphatic hydroxyl groups excluding tert-OH is 1. The number of halogens is 1. The van der Waals surface area contributed by atoms with Gasteiger partial charge in [-0.2, -0.15) is 0 Å². The largest absolute Gasteiger partial charge is 0.396 e. The molecule has 1 aromatic heterocycles. The van der Waals surface area contributed by atoms with Crippen molar-refractivity contribution < 1.29 is 9.90 Å². The fourth-order valence-electron chi connectivity index (χ4n) is 3.09. The van der Waals surface area contributed by atoms with E-state index in [0.29, 0.717) is 28.3 Å². The van der Waals surface area contributed by atoms with Crippen molar-refractivity contribution in [1.29, 1.82) is 0 Å². The lowest BCUT2D eigenvalue weighted by Gasteiger charge is -2.17. The van der Waals surface area contributed by atoms with Crippen LogP contribution in [0.25, 0.3) is 10.1 Å². The topological polar surface area (TPSA) is 49.3 Å². The zero-order chi connectivity index (χ0) is 14.8. The molecule has 0 spiro atoms. The summed E-state index contributed by atoms with van der Waals surface area (Å²) in [7, 11) is 0. The molecule has 0 saturated heterocycles. The van der Waals surface area contributed by atoms with Gasteiger partial charge < -0.3 is 10.4 Å². The normalized spacial score (nSPS) is 21.8. The molecule has 1 amide bonds. The van der Waals surface area contributed by atoms with Crippen LogP contribution in [0.2, 0.25) is 5.02 Å². The molecule has 2 aromatic rings. The number of carbonyl (C=O) groups excluding carboxylic acids is 1. The molecule has 2 unspecified atom stereocenters. The second-order valence-corrected chi connectivity index (χ2v) is 7.02. The molecule has 1 aliphatic rings. The summed E-state index contributed by atoms with van der Waals surface area (Å²) in [4.78, 5) is 12.9. The van der Waals surface area contributed by atoms with Crippen LogP contribution in [-0.4, -0.2) is 24.2 Å². The maximum atomic E-state index is 12.3. The highest BCUT2D eigenvalue weighted by atomic mass is 35.5. The smallest absolute Gasteiger partial charge is 0.262 e. The van der Waals surface area contributed by atoms with E-state index >= 15 is 0 Å². The molecule has 0 aliphatic heterocycles. The number of hydrogen-bond donors (Lipinski definition) is 2. The molecule has 2 atom stereocenters. The summed E-state index contributed by atoms with van der Waals surface area (Å²) in [5, 5.41) is 13.8. The third-order valence-electron chi connectivity index (χ3n) is 4.32. The fourth-order valence-corrected chi connectivity index (χ4v) is 4.52. The molecule has 0 radical (unpaired) electrons. The summed E-state index contributed by atoms with van der Waals surface area (Å²) >= 11 is 7.74. The molecule has 112 valence electrons. The van der Waals surface area contributed by atoms with Gasteiger partial charge in [-0.05, 0) is 30.7 Å². The predicted molar refractivity (Wildman–Crippen MR) is 87.1 cm³/mol. The van der Waals surface area contributed by atoms with E-state index in [-0.39, 0.29) is 12.5 Å². The van der Waals surface area contributed by atoms with Gasteiger partial charge in [0.05, 0.1) is 5.02 Å². The Labute approximate surface area is 132 Å². The van der Waals surface area contributed by atoms with E-state index in [9.17, 15) is 9.90 Å². The standard InChI is InChI=1S/C16H18ClNO2S/c17-14-12-6-1-2-7-13(12)21-15(14)16(20)18-8-10-4-3-5-11(10)9-19/h1-2,6-7,10-11,19H,3-5,8-9H2,(H,18,20). The molecule has 1 fully saturated rings. The van der Waals surface area contributed by atoms with Gasteiger partial charge in [-0.1, -0.05) is 36.2 Å². The summed E-state index contributed by atoms with van der Waals surface area (Å²) in [6.07, 6.45) is 3.27. The third kappa shape index (κ3) is 2.93. The first kappa shape index (κ1) is 14.8. The van der Waals surface area contributed by atoms with Gasteiger partial charge in [-0.15, -0.1) is 11.3 Å². The van der Waals surface area contributed by atoms with Gasteiger partial charge in [0.1, 0.15) is 4.88 Å². The molecule has 21 heavy (non-hydrogen) atoms. The molecule has 1 saturated carbocycles. The molecule has 3 nitrogen and oxygen atoms in total. The van der Waals surface area contributed by atoms with Crippen molar-refractivity contribution >= 4 is 38.9 Å². The SMILES string of the molecule is O=C(NCC1CCCC1CO)c1sc2ccccc2c1Cl. The van der Waals surface area contributed by atoms with E-state index in [1.807, 2.05) is 24.3 Å². The van der Waals surface area contributed by atoms with Crippen molar-refractivity contribution in [3.63, 3.8) is 0 Å².